The number of aromatic nitrogens is 4. The second-order valence-electron chi connectivity index (χ2n) is 5.51. The predicted molar refractivity (Wildman–Crippen MR) is 78.1 cm³/mol. The van der Waals surface area contributed by atoms with Crippen LogP contribution in [0, 0.1) is 0 Å². The van der Waals surface area contributed by atoms with Crippen molar-refractivity contribution in [3.05, 3.63) is 59.2 Å². The number of rotatable bonds is 2. The normalized spacial score (nSPS) is 16.7. The average Bonchev–Trinajstić information content (AvgIpc) is 3.23. The van der Waals surface area contributed by atoms with Crippen molar-refractivity contribution in [3.63, 3.8) is 0 Å². The highest BCUT2D eigenvalue weighted by atomic mass is 19.4. The molecule has 8 heteroatoms. The Balaban J connectivity index is 1.62. The summed E-state index contributed by atoms with van der Waals surface area (Å²) < 4.78 is 44.3. The van der Waals surface area contributed by atoms with Crippen LogP contribution in [0.4, 0.5) is 13.2 Å². The number of nitrogens with one attached hydrogen (secondary N) is 1. The number of alkyl halides is 3. The van der Waals surface area contributed by atoms with Crippen molar-refractivity contribution in [3.8, 4) is 17.1 Å². The van der Waals surface area contributed by atoms with Crippen molar-refractivity contribution < 1.29 is 17.9 Å². The molecule has 0 spiro atoms. The minimum Gasteiger partial charge on any atom is -0.485 e. The van der Waals surface area contributed by atoms with E-state index < -0.39 is 11.7 Å². The van der Waals surface area contributed by atoms with Crippen LogP contribution in [0.2, 0.25) is 0 Å². The lowest BCUT2D eigenvalue weighted by Gasteiger charge is -2.11. The quantitative estimate of drug-likeness (QED) is 0.779. The van der Waals surface area contributed by atoms with Gasteiger partial charge in [0.1, 0.15) is 11.9 Å². The molecule has 0 amide bonds. The molecule has 4 rings (SSSR count). The van der Waals surface area contributed by atoms with Crippen molar-refractivity contribution >= 4 is 0 Å². The van der Waals surface area contributed by atoms with Gasteiger partial charge in [0, 0.05) is 12.0 Å². The van der Waals surface area contributed by atoms with Crippen molar-refractivity contribution in [1.82, 2.24) is 20.6 Å². The predicted octanol–water partition coefficient (Wildman–Crippen LogP) is 3.56. The summed E-state index contributed by atoms with van der Waals surface area (Å²) in [4.78, 5) is 0. The van der Waals surface area contributed by atoms with Crippen LogP contribution in [-0.4, -0.2) is 20.6 Å². The van der Waals surface area contributed by atoms with Crippen LogP contribution in [-0.2, 0) is 12.6 Å². The standard InChI is InChI=1S/C16H11F3N4O/c17-16(18,19)12-4-5-13-11(7-12)8-14(24-13)9-2-1-3-10(6-9)15-20-22-23-21-15/h1-7,14H,8H2,(H,20,21,22,23)/t14-/m0/s1. The van der Waals surface area contributed by atoms with E-state index in [0.29, 0.717) is 23.6 Å². The number of ether oxygens (including phenoxy) is 1. The van der Waals surface area contributed by atoms with Gasteiger partial charge in [-0.15, -0.1) is 5.10 Å². The van der Waals surface area contributed by atoms with Gasteiger partial charge < -0.3 is 4.74 Å². The van der Waals surface area contributed by atoms with E-state index in [1.807, 2.05) is 24.3 Å². The molecular weight excluding hydrogens is 321 g/mol. The summed E-state index contributed by atoms with van der Waals surface area (Å²) in [7, 11) is 0. The molecule has 0 saturated carbocycles. The molecule has 0 bridgehead atoms. The lowest BCUT2D eigenvalue weighted by atomic mass is 10.0. The number of halogens is 3. The lowest BCUT2D eigenvalue weighted by molar-refractivity contribution is -0.137. The molecule has 1 aliphatic heterocycles. The number of hydrogen-bond donors (Lipinski definition) is 1. The van der Waals surface area contributed by atoms with Crippen LogP contribution in [0.25, 0.3) is 11.4 Å². The molecule has 1 aromatic heterocycles. The minimum atomic E-state index is -4.35. The van der Waals surface area contributed by atoms with Gasteiger partial charge in [0.2, 0.25) is 0 Å². The van der Waals surface area contributed by atoms with Crippen LogP contribution in [0.1, 0.15) is 22.8 Å². The van der Waals surface area contributed by atoms with Crippen LogP contribution in [0.15, 0.2) is 42.5 Å². The average molecular weight is 332 g/mol. The molecule has 0 fully saturated rings. The first-order valence-corrected chi connectivity index (χ1v) is 7.21. The smallest absolute Gasteiger partial charge is 0.416 e. The topological polar surface area (TPSA) is 63.7 Å². The summed E-state index contributed by atoms with van der Waals surface area (Å²) in [5.74, 6) is 1.01. The highest BCUT2D eigenvalue weighted by molar-refractivity contribution is 5.56. The van der Waals surface area contributed by atoms with Gasteiger partial charge in [0.05, 0.1) is 5.56 Å². The molecule has 0 radical (unpaired) electrons. The van der Waals surface area contributed by atoms with Gasteiger partial charge in [-0.2, -0.15) is 13.2 Å². The third-order valence-corrected chi connectivity index (χ3v) is 3.94. The highest BCUT2D eigenvalue weighted by Gasteiger charge is 2.33. The Morgan fingerprint density at radius 1 is 1.12 bits per heavy atom. The molecule has 2 heterocycles. The fourth-order valence-corrected chi connectivity index (χ4v) is 2.78. The van der Waals surface area contributed by atoms with E-state index in [1.54, 1.807) is 0 Å². The summed E-state index contributed by atoms with van der Waals surface area (Å²) in [6, 6.07) is 11.0. The van der Waals surface area contributed by atoms with Crippen molar-refractivity contribution in [2.75, 3.05) is 0 Å². The molecule has 0 unspecified atom stereocenters. The first-order valence-electron chi connectivity index (χ1n) is 7.21. The van der Waals surface area contributed by atoms with Crippen molar-refractivity contribution in [2.45, 2.75) is 18.7 Å². The van der Waals surface area contributed by atoms with E-state index in [9.17, 15) is 13.2 Å². The van der Waals surface area contributed by atoms with Gasteiger partial charge in [-0.1, -0.05) is 18.2 Å². The second kappa shape index (κ2) is 5.33. The number of nitrogens with zero attached hydrogens (tertiary/aromatic N) is 3. The Hall–Kier alpha value is -2.90. The number of aromatic amines is 1. The van der Waals surface area contributed by atoms with E-state index >= 15 is 0 Å². The van der Waals surface area contributed by atoms with Crippen LogP contribution >= 0.6 is 0 Å². The van der Waals surface area contributed by atoms with E-state index in [-0.39, 0.29) is 6.10 Å². The van der Waals surface area contributed by atoms with Crippen molar-refractivity contribution in [2.24, 2.45) is 0 Å². The number of hydrogen-bond acceptors (Lipinski definition) is 4. The maximum atomic E-state index is 12.8. The van der Waals surface area contributed by atoms with E-state index in [0.717, 1.165) is 23.3 Å². The van der Waals surface area contributed by atoms with Crippen LogP contribution < -0.4 is 4.74 Å². The zero-order valence-corrected chi connectivity index (χ0v) is 12.2. The van der Waals surface area contributed by atoms with Gasteiger partial charge in [0.25, 0.3) is 0 Å². The summed E-state index contributed by atoms with van der Waals surface area (Å²) in [5, 5.41) is 13.6. The van der Waals surface area contributed by atoms with Crippen LogP contribution in [0.5, 0.6) is 5.75 Å². The third-order valence-electron chi connectivity index (χ3n) is 3.94. The maximum Gasteiger partial charge on any atom is 0.416 e. The minimum absolute atomic E-state index is 0.334. The number of H-pyrrole nitrogens is 1. The first-order chi connectivity index (χ1) is 11.5. The Bertz CT molecular complexity index is 877. The van der Waals surface area contributed by atoms with Gasteiger partial charge in [0.15, 0.2) is 5.82 Å². The monoisotopic (exact) mass is 332 g/mol. The molecule has 24 heavy (non-hydrogen) atoms. The first kappa shape index (κ1) is 14.7. The summed E-state index contributed by atoms with van der Waals surface area (Å²) in [6.45, 7) is 0. The van der Waals surface area contributed by atoms with E-state index in [1.165, 1.54) is 6.07 Å². The molecular formula is C16H11F3N4O. The maximum absolute atomic E-state index is 12.8. The van der Waals surface area contributed by atoms with Crippen LogP contribution in [0.3, 0.4) is 0 Å². The van der Waals surface area contributed by atoms with E-state index in [4.69, 9.17) is 4.74 Å². The third kappa shape index (κ3) is 2.60. The molecule has 122 valence electrons. The summed E-state index contributed by atoms with van der Waals surface area (Å²) in [5.41, 5.74) is 1.54. The van der Waals surface area contributed by atoms with Gasteiger partial charge in [-0.3, -0.25) is 0 Å². The van der Waals surface area contributed by atoms with Gasteiger partial charge in [-0.25, -0.2) is 5.10 Å². The van der Waals surface area contributed by atoms with Crippen molar-refractivity contribution in [1.29, 1.82) is 0 Å². The molecule has 2 aromatic carbocycles. The summed E-state index contributed by atoms with van der Waals surface area (Å²) >= 11 is 0. The molecule has 0 saturated heterocycles. The SMILES string of the molecule is FC(F)(F)c1ccc2c(c1)C[C@@H](c1cccc(-c3nnn[nH]3)c1)O2. The lowest BCUT2D eigenvalue weighted by Crippen LogP contribution is -2.04. The summed E-state index contributed by atoms with van der Waals surface area (Å²) in [6.07, 6.45) is -4.30. The Morgan fingerprint density at radius 2 is 2.00 bits per heavy atom. The van der Waals surface area contributed by atoms with Gasteiger partial charge >= 0.3 is 6.18 Å². The molecule has 1 N–H and O–H groups in total. The Kier molecular flexibility index (Phi) is 3.26. The second-order valence-corrected chi connectivity index (χ2v) is 5.51. The Morgan fingerprint density at radius 3 is 2.75 bits per heavy atom. The largest absolute Gasteiger partial charge is 0.485 e. The number of tetrazole rings is 1. The number of fused-ring (bicyclic) bond motifs is 1. The molecule has 0 aliphatic carbocycles. The molecule has 5 nitrogen and oxygen atoms in total. The zero-order valence-electron chi connectivity index (χ0n) is 12.2. The molecule has 1 aliphatic rings. The number of benzene rings is 2. The molecule has 3 aromatic rings. The fraction of sp³-hybridized carbons (Fsp3) is 0.188. The van der Waals surface area contributed by atoms with Gasteiger partial charge in [-0.05, 0) is 45.8 Å². The highest BCUT2D eigenvalue weighted by Crippen LogP contribution is 2.40. The molecule has 1 atom stereocenters. The zero-order chi connectivity index (χ0) is 16.7. The Labute approximate surface area is 134 Å². The van der Waals surface area contributed by atoms with E-state index in [2.05, 4.69) is 20.6 Å². The fourth-order valence-electron chi connectivity index (χ4n) is 2.78.